The third-order valence-corrected chi connectivity index (χ3v) is 6.27. The van der Waals surface area contributed by atoms with E-state index in [1.807, 2.05) is 48.3 Å². The van der Waals surface area contributed by atoms with Crippen molar-refractivity contribution in [2.75, 3.05) is 13.1 Å². The van der Waals surface area contributed by atoms with Gasteiger partial charge in [0.05, 0.1) is 10.7 Å². The normalized spacial score (nSPS) is 15.9. The van der Waals surface area contributed by atoms with Crippen LogP contribution in [0.4, 0.5) is 0 Å². The maximum atomic E-state index is 6.44. The third kappa shape index (κ3) is 3.56. The lowest BCUT2D eigenvalue weighted by atomic mass is 9.89. The van der Waals surface area contributed by atoms with Crippen LogP contribution >= 0.6 is 11.6 Å². The van der Waals surface area contributed by atoms with E-state index in [-0.39, 0.29) is 0 Å². The molecule has 4 aromatic rings. The molecule has 1 aliphatic rings. The number of likely N-dealkylation sites (tertiary alicyclic amines) is 1. The molecular formula is C23H24ClN5. The number of halogens is 1. The molecule has 1 saturated heterocycles. The van der Waals surface area contributed by atoms with E-state index < -0.39 is 0 Å². The Morgan fingerprint density at radius 1 is 1.14 bits per heavy atom. The van der Waals surface area contributed by atoms with Gasteiger partial charge in [-0.1, -0.05) is 29.8 Å². The molecule has 5 rings (SSSR count). The fourth-order valence-corrected chi connectivity index (χ4v) is 4.72. The number of H-pyrrole nitrogens is 1. The predicted octanol–water partition coefficient (Wildman–Crippen LogP) is 5.00. The van der Waals surface area contributed by atoms with E-state index in [9.17, 15) is 0 Å². The summed E-state index contributed by atoms with van der Waals surface area (Å²) >= 11 is 6.44. The minimum atomic E-state index is 0.584. The number of hydrogen-bond acceptors (Lipinski definition) is 3. The summed E-state index contributed by atoms with van der Waals surface area (Å²) in [5, 5.41) is 6.70. The van der Waals surface area contributed by atoms with Gasteiger partial charge in [-0.05, 0) is 55.6 Å². The van der Waals surface area contributed by atoms with Crippen LogP contribution < -0.4 is 0 Å². The van der Waals surface area contributed by atoms with E-state index in [1.54, 1.807) is 0 Å². The number of piperidine rings is 1. The number of benzene rings is 1. The summed E-state index contributed by atoms with van der Waals surface area (Å²) in [6, 6.07) is 12.1. The van der Waals surface area contributed by atoms with Crippen LogP contribution in [0.2, 0.25) is 5.02 Å². The fraction of sp³-hybridized carbons (Fsp3) is 0.304. The number of fused-ring (bicyclic) bond motifs is 1. The first kappa shape index (κ1) is 18.4. The summed E-state index contributed by atoms with van der Waals surface area (Å²) in [4.78, 5) is 10.3. The first-order valence-electron chi connectivity index (χ1n) is 10.1. The van der Waals surface area contributed by atoms with Gasteiger partial charge in [0.15, 0.2) is 0 Å². The number of pyridine rings is 1. The standard InChI is InChI=1S/C23H24ClN5/c1-28-14-17(22(27-28)19-5-2-3-7-21(19)24)15-29-11-8-16(9-12-29)20-13-26-23-18(20)6-4-10-25-23/h2-7,10,13-14,16H,8-9,11-12,15H2,1H3,(H,25,26). The molecule has 0 aliphatic carbocycles. The summed E-state index contributed by atoms with van der Waals surface area (Å²) in [6.07, 6.45) is 8.42. The lowest BCUT2D eigenvalue weighted by Gasteiger charge is -2.31. The molecule has 5 nitrogen and oxygen atoms in total. The van der Waals surface area contributed by atoms with Crippen molar-refractivity contribution in [3.63, 3.8) is 0 Å². The Balaban J connectivity index is 1.31. The van der Waals surface area contributed by atoms with Gasteiger partial charge in [-0.15, -0.1) is 0 Å². The minimum absolute atomic E-state index is 0.584. The van der Waals surface area contributed by atoms with Crippen molar-refractivity contribution in [2.24, 2.45) is 7.05 Å². The molecule has 0 bridgehead atoms. The van der Waals surface area contributed by atoms with Gasteiger partial charge in [-0.3, -0.25) is 9.58 Å². The third-order valence-electron chi connectivity index (χ3n) is 5.94. The Bertz CT molecular complexity index is 1140. The maximum Gasteiger partial charge on any atom is 0.137 e. The number of aromatic amines is 1. The van der Waals surface area contributed by atoms with E-state index in [1.165, 1.54) is 16.5 Å². The van der Waals surface area contributed by atoms with E-state index in [0.29, 0.717) is 5.92 Å². The monoisotopic (exact) mass is 405 g/mol. The molecule has 0 atom stereocenters. The molecule has 1 N–H and O–H groups in total. The highest BCUT2D eigenvalue weighted by Gasteiger charge is 2.24. The van der Waals surface area contributed by atoms with Gasteiger partial charge in [0.25, 0.3) is 0 Å². The highest BCUT2D eigenvalue weighted by atomic mass is 35.5. The van der Waals surface area contributed by atoms with Crippen molar-refractivity contribution in [1.29, 1.82) is 0 Å². The van der Waals surface area contributed by atoms with Crippen molar-refractivity contribution >= 4 is 22.6 Å². The van der Waals surface area contributed by atoms with Crippen LogP contribution in [0, 0.1) is 0 Å². The number of hydrogen-bond donors (Lipinski definition) is 1. The van der Waals surface area contributed by atoms with E-state index >= 15 is 0 Å². The fourth-order valence-electron chi connectivity index (χ4n) is 4.49. The van der Waals surface area contributed by atoms with Crippen molar-refractivity contribution in [3.05, 3.63) is 71.1 Å². The van der Waals surface area contributed by atoms with Gasteiger partial charge in [0.2, 0.25) is 0 Å². The van der Waals surface area contributed by atoms with Crippen LogP contribution in [0.1, 0.15) is 29.9 Å². The van der Waals surface area contributed by atoms with Gasteiger partial charge < -0.3 is 4.98 Å². The van der Waals surface area contributed by atoms with E-state index in [2.05, 4.69) is 33.3 Å². The lowest BCUT2D eigenvalue weighted by Crippen LogP contribution is -2.32. The first-order chi connectivity index (χ1) is 14.2. The summed E-state index contributed by atoms with van der Waals surface area (Å²) in [5.41, 5.74) is 5.62. The first-order valence-corrected chi connectivity index (χ1v) is 10.5. The van der Waals surface area contributed by atoms with Gasteiger partial charge in [-0.2, -0.15) is 5.10 Å². The second kappa shape index (κ2) is 7.65. The second-order valence-corrected chi connectivity index (χ2v) is 8.26. The Hall–Kier alpha value is -2.63. The summed E-state index contributed by atoms with van der Waals surface area (Å²) < 4.78 is 1.89. The average molecular weight is 406 g/mol. The summed E-state index contributed by atoms with van der Waals surface area (Å²) in [6.45, 7) is 3.06. The molecule has 0 unspecified atom stereocenters. The number of rotatable bonds is 4. The molecule has 0 spiro atoms. The zero-order chi connectivity index (χ0) is 19.8. The zero-order valence-electron chi connectivity index (χ0n) is 16.5. The van der Waals surface area contributed by atoms with Crippen LogP contribution in [0.3, 0.4) is 0 Å². The number of aryl methyl sites for hydroxylation is 1. The summed E-state index contributed by atoms with van der Waals surface area (Å²) in [5.74, 6) is 0.584. The Kier molecular flexibility index (Phi) is 4.86. The van der Waals surface area contributed by atoms with Crippen LogP contribution in [0.15, 0.2) is 55.0 Å². The molecule has 0 radical (unpaired) electrons. The second-order valence-electron chi connectivity index (χ2n) is 7.85. The number of nitrogens with one attached hydrogen (secondary N) is 1. The van der Waals surface area contributed by atoms with E-state index in [4.69, 9.17) is 16.7 Å². The van der Waals surface area contributed by atoms with Gasteiger partial charge in [0, 0.05) is 48.7 Å². The Labute approximate surface area is 175 Å². The average Bonchev–Trinajstić information content (AvgIpc) is 3.32. The van der Waals surface area contributed by atoms with Gasteiger partial charge >= 0.3 is 0 Å². The van der Waals surface area contributed by atoms with Crippen molar-refractivity contribution in [3.8, 4) is 11.3 Å². The van der Waals surface area contributed by atoms with Crippen molar-refractivity contribution in [2.45, 2.75) is 25.3 Å². The lowest BCUT2D eigenvalue weighted by molar-refractivity contribution is 0.205. The Morgan fingerprint density at radius 3 is 2.79 bits per heavy atom. The van der Waals surface area contributed by atoms with Crippen LogP contribution in [-0.2, 0) is 13.6 Å². The van der Waals surface area contributed by atoms with Crippen molar-refractivity contribution < 1.29 is 0 Å². The number of nitrogens with zero attached hydrogens (tertiary/aromatic N) is 4. The highest BCUT2D eigenvalue weighted by Crippen LogP contribution is 2.34. The van der Waals surface area contributed by atoms with Crippen LogP contribution in [0.5, 0.6) is 0 Å². The quantitative estimate of drug-likeness (QED) is 0.520. The molecule has 1 fully saturated rings. The summed E-state index contributed by atoms with van der Waals surface area (Å²) in [7, 11) is 1.97. The van der Waals surface area contributed by atoms with Gasteiger partial charge in [0.1, 0.15) is 5.65 Å². The van der Waals surface area contributed by atoms with E-state index in [0.717, 1.165) is 54.4 Å². The highest BCUT2D eigenvalue weighted by molar-refractivity contribution is 6.33. The molecule has 3 aromatic heterocycles. The number of aromatic nitrogens is 4. The predicted molar refractivity (Wildman–Crippen MR) is 117 cm³/mol. The molecule has 0 amide bonds. The molecule has 29 heavy (non-hydrogen) atoms. The Morgan fingerprint density at radius 2 is 1.97 bits per heavy atom. The SMILES string of the molecule is Cn1cc(CN2CCC(c3c[nH]c4ncccc34)CC2)c(-c2ccccc2Cl)n1. The molecule has 0 saturated carbocycles. The van der Waals surface area contributed by atoms with Crippen LogP contribution in [0.25, 0.3) is 22.3 Å². The molecular weight excluding hydrogens is 382 g/mol. The molecule has 1 aromatic carbocycles. The smallest absolute Gasteiger partial charge is 0.137 e. The molecule has 1 aliphatic heterocycles. The maximum absolute atomic E-state index is 6.44. The molecule has 6 heteroatoms. The minimum Gasteiger partial charge on any atom is -0.346 e. The topological polar surface area (TPSA) is 49.7 Å². The van der Waals surface area contributed by atoms with Crippen LogP contribution in [-0.4, -0.2) is 37.7 Å². The van der Waals surface area contributed by atoms with Crippen molar-refractivity contribution in [1.82, 2.24) is 24.6 Å². The zero-order valence-corrected chi connectivity index (χ0v) is 17.2. The van der Waals surface area contributed by atoms with Gasteiger partial charge in [-0.25, -0.2) is 4.98 Å². The molecule has 4 heterocycles. The molecule has 148 valence electrons. The largest absolute Gasteiger partial charge is 0.346 e.